The highest BCUT2D eigenvalue weighted by molar-refractivity contribution is 7.98. The quantitative estimate of drug-likeness (QED) is 0.813. The van der Waals surface area contributed by atoms with Crippen molar-refractivity contribution in [3.05, 3.63) is 59.0 Å². The minimum atomic E-state index is 0.278. The molecule has 0 aliphatic rings. The van der Waals surface area contributed by atoms with Crippen LogP contribution in [-0.2, 0) is 5.75 Å². The predicted octanol–water partition coefficient (Wildman–Crippen LogP) is 2.16. The zero-order valence-corrected chi connectivity index (χ0v) is 9.91. The number of nitrogens with one attached hydrogen (secondary N) is 1. The second-order valence-electron chi connectivity index (χ2n) is 3.58. The molecule has 2 aromatic carbocycles. The van der Waals surface area contributed by atoms with Crippen LogP contribution in [0.4, 0.5) is 5.69 Å². The van der Waals surface area contributed by atoms with Crippen LogP contribution in [0.15, 0.2) is 53.4 Å². The summed E-state index contributed by atoms with van der Waals surface area (Å²) in [6.45, 7) is 0. The lowest BCUT2D eigenvalue weighted by molar-refractivity contribution is -0.379. The SMILES string of the molecule is O=[NH+]c1ccc(CSc2ccc(O)cc2)cc1. The third-order valence-corrected chi connectivity index (χ3v) is 3.40. The maximum absolute atomic E-state index is 10.4. The maximum atomic E-state index is 10.4. The molecule has 2 N–H and O–H groups in total. The van der Waals surface area contributed by atoms with E-state index >= 15 is 0 Å². The molecular formula is C13H12NO2S+. The average Bonchev–Trinajstić information content (AvgIpc) is 2.39. The summed E-state index contributed by atoms with van der Waals surface area (Å²) in [6.07, 6.45) is 0. The molecule has 3 nitrogen and oxygen atoms in total. The number of benzene rings is 2. The van der Waals surface area contributed by atoms with Gasteiger partial charge in [0.1, 0.15) is 5.75 Å². The van der Waals surface area contributed by atoms with Crippen LogP contribution in [0.25, 0.3) is 0 Å². The van der Waals surface area contributed by atoms with Gasteiger partial charge in [-0.2, -0.15) is 0 Å². The van der Waals surface area contributed by atoms with Gasteiger partial charge in [0.05, 0.1) is 0 Å². The summed E-state index contributed by atoms with van der Waals surface area (Å²) < 4.78 is 0. The van der Waals surface area contributed by atoms with Crippen LogP contribution in [0, 0.1) is 4.91 Å². The number of thioether (sulfide) groups is 1. The zero-order chi connectivity index (χ0) is 12.1. The normalized spacial score (nSPS) is 10.1. The van der Waals surface area contributed by atoms with Gasteiger partial charge in [0.15, 0.2) is 0 Å². The van der Waals surface area contributed by atoms with Crippen LogP contribution in [0.2, 0.25) is 0 Å². The van der Waals surface area contributed by atoms with Gasteiger partial charge in [-0.15, -0.1) is 11.8 Å². The number of rotatable bonds is 4. The molecule has 0 saturated heterocycles. The molecule has 0 amide bonds. The zero-order valence-electron chi connectivity index (χ0n) is 9.09. The Morgan fingerprint density at radius 2 is 1.65 bits per heavy atom. The van der Waals surface area contributed by atoms with Crippen LogP contribution in [0.1, 0.15) is 5.56 Å². The second-order valence-corrected chi connectivity index (χ2v) is 4.63. The van der Waals surface area contributed by atoms with Gasteiger partial charge in [0, 0.05) is 32.9 Å². The van der Waals surface area contributed by atoms with Crippen molar-refractivity contribution in [2.45, 2.75) is 10.6 Å². The summed E-state index contributed by atoms with van der Waals surface area (Å²) in [7, 11) is 0. The Balaban J connectivity index is 1.97. The van der Waals surface area contributed by atoms with Crippen LogP contribution in [0.3, 0.4) is 0 Å². The van der Waals surface area contributed by atoms with Crippen molar-refractivity contribution >= 4 is 17.4 Å². The number of aromatic hydroxyl groups is 1. The minimum absolute atomic E-state index is 0.278. The van der Waals surface area contributed by atoms with Crippen LogP contribution in [0.5, 0.6) is 5.75 Å². The Bertz CT molecular complexity index is 494. The number of phenolic OH excluding ortho intramolecular Hbond substituents is 1. The van der Waals surface area contributed by atoms with E-state index in [9.17, 15) is 4.91 Å². The molecule has 2 aromatic rings. The first-order valence-electron chi connectivity index (χ1n) is 5.17. The van der Waals surface area contributed by atoms with E-state index in [4.69, 9.17) is 5.11 Å². The molecule has 0 bridgehead atoms. The third kappa shape index (κ3) is 3.32. The van der Waals surface area contributed by atoms with Gasteiger partial charge in [-0.3, -0.25) is 0 Å². The molecule has 0 radical (unpaired) electrons. The van der Waals surface area contributed by atoms with Crippen molar-refractivity contribution in [1.29, 1.82) is 0 Å². The molecule has 2 rings (SSSR count). The smallest absolute Gasteiger partial charge is 0.253 e. The number of hydrogen-bond acceptors (Lipinski definition) is 3. The Kier molecular flexibility index (Phi) is 3.77. The average molecular weight is 246 g/mol. The van der Waals surface area contributed by atoms with Gasteiger partial charge in [0.2, 0.25) is 0 Å². The highest BCUT2D eigenvalue weighted by atomic mass is 32.2. The number of phenols is 1. The van der Waals surface area contributed by atoms with Crippen molar-refractivity contribution in [2.75, 3.05) is 0 Å². The lowest BCUT2D eigenvalue weighted by atomic mass is 10.2. The van der Waals surface area contributed by atoms with E-state index in [-0.39, 0.29) is 5.75 Å². The van der Waals surface area contributed by atoms with Crippen LogP contribution in [-0.4, -0.2) is 5.11 Å². The van der Waals surface area contributed by atoms with Crippen molar-refractivity contribution in [3.8, 4) is 5.75 Å². The van der Waals surface area contributed by atoms with Gasteiger partial charge < -0.3 is 5.11 Å². The van der Waals surface area contributed by atoms with E-state index in [0.29, 0.717) is 5.69 Å². The number of nitroso groups, excluding NO2 is 1. The molecule has 0 aliphatic carbocycles. The Labute approximate surface area is 103 Å². The molecule has 0 spiro atoms. The van der Waals surface area contributed by atoms with Crippen molar-refractivity contribution in [3.63, 3.8) is 0 Å². The van der Waals surface area contributed by atoms with Gasteiger partial charge >= 0.3 is 0 Å². The molecule has 0 unspecified atom stereocenters. The first-order chi connectivity index (χ1) is 8.28. The van der Waals surface area contributed by atoms with Gasteiger partial charge in [-0.05, 0) is 29.8 Å². The Hall–Kier alpha value is -1.81. The molecule has 17 heavy (non-hydrogen) atoms. The van der Waals surface area contributed by atoms with Crippen LogP contribution < -0.4 is 5.18 Å². The molecule has 0 fully saturated rings. The van der Waals surface area contributed by atoms with Gasteiger partial charge in [0.25, 0.3) is 5.69 Å². The summed E-state index contributed by atoms with van der Waals surface area (Å²) in [6, 6.07) is 14.5. The van der Waals surface area contributed by atoms with Gasteiger partial charge in [-0.1, -0.05) is 12.1 Å². The minimum Gasteiger partial charge on any atom is -0.508 e. The largest absolute Gasteiger partial charge is 0.508 e. The first kappa shape index (κ1) is 11.7. The Morgan fingerprint density at radius 3 is 2.24 bits per heavy atom. The molecular weight excluding hydrogens is 234 g/mol. The molecule has 4 heteroatoms. The van der Waals surface area contributed by atoms with E-state index in [1.165, 1.54) is 0 Å². The summed E-state index contributed by atoms with van der Waals surface area (Å²) in [4.78, 5) is 11.5. The highest BCUT2D eigenvalue weighted by Gasteiger charge is 2.00. The Morgan fingerprint density at radius 1 is 1.00 bits per heavy atom. The highest BCUT2D eigenvalue weighted by Crippen LogP contribution is 2.24. The fraction of sp³-hybridized carbons (Fsp3) is 0.0769. The number of hydrogen-bond donors (Lipinski definition) is 2. The first-order valence-corrected chi connectivity index (χ1v) is 6.15. The fourth-order valence-electron chi connectivity index (χ4n) is 1.38. The van der Waals surface area contributed by atoms with E-state index in [2.05, 4.69) is 0 Å². The molecule has 86 valence electrons. The molecule has 0 aromatic heterocycles. The molecule has 0 atom stereocenters. The summed E-state index contributed by atoms with van der Waals surface area (Å²) >= 11 is 1.69. The predicted molar refractivity (Wildman–Crippen MR) is 68.1 cm³/mol. The second kappa shape index (κ2) is 5.50. The summed E-state index contributed by atoms with van der Waals surface area (Å²) in [5.41, 5.74) is 1.73. The van der Waals surface area contributed by atoms with Crippen molar-refractivity contribution in [1.82, 2.24) is 0 Å². The van der Waals surface area contributed by atoms with E-state index in [0.717, 1.165) is 16.2 Å². The monoisotopic (exact) mass is 246 g/mol. The summed E-state index contributed by atoms with van der Waals surface area (Å²) in [5.74, 6) is 1.12. The lowest BCUT2D eigenvalue weighted by Crippen LogP contribution is -2.55. The van der Waals surface area contributed by atoms with E-state index in [1.54, 1.807) is 36.0 Å². The standard InChI is InChI=1S/C13H11NO2S/c15-12-5-7-13(8-6-12)17-9-10-1-3-11(14-16)4-2-10/h1-8,15H,9H2/p+1. The van der Waals surface area contributed by atoms with E-state index in [1.807, 2.05) is 29.4 Å². The van der Waals surface area contributed by atoms with Gasteiger partial charge in [-0.25, -0.2) is 0 Å². The van der Waals surface area contributed by atoms with E-state index < -0.39 is 0 Å². The fourth-order valence-corrected chi connectivity index (χ4v) is 2.23. The molecule has 0 aliphatic heterocycles. The third-order valence-electron chi connectivity index (χ3n) is 2.31. The van der Waals surface area contributed by atoms with Crippen molar-refractivity contribution < 1.29 is 10.3 Å². The van der Waals surface area contributed by atoms with Crippen molar-refractivity contribution in [2.24, 2.45) is 0 Å². The maximum Gasteiger partial charge on any atom is 0.253 e. The summed E-state index contributed by atoms with van der Waals surface area (Å²) in [5, 5.41) is 11.0. The molecule has 0 saturated carbocycles. The molecule has 0 heterocycles. The topological polar surface area (TPSA) is 51.3 Å². The lowest BCUT2D eigenvalue weighted by Gasteiger charge is -2.01. The van der Waals surface area contributed by atoms with Crippen LogP contribution >= 0.6 is 11.8 Å².